The van der Waals surface area contributed by atoms with E-state index in [-0.39, 0.29) is 9.75 Å². The third-order valence-corrected chi connectivity index (χ3v) is 8.73. The summed E-state index contributed by atoms with van der Waals surface area (Å²) in [4.78, 5) is 1.52. The van der Waals surface area contributed by atoms with Gasteiger partial charge in [0.1, 0.15) is 0 Å². The van der Waals surface area contributed by atoms with Gasteiger partial charge in [-0.25, -0.2) is 17.6 Å². The Morgan fingerprint density at radius 3 is 1.75 bits per heavy atom. The molecule has 2 saturated heterocycles. The predicted molar refractivity (Wildman–Crippen MR) is 107 cm³/mol. The van der Waals surface area contributed by atoms with Crippen molar-refractivity contribution in [1.82, 2.24) is 0 Å². The summed E-state index contributed by atoms with van der Waals surface area (Å²) in [6, 6.07) is 7.53. The fraction of sp³-hybridized carbons (Fsp3) is 0.524. The van der Waals surface area contributed by atoms with E-state index < -0.39 is 12.9 Å². The van der Waals surface area contributed by atoms with Crippen molar-refractivity contribution in [3.8, 4) is 0 Å². The molecule has 2 aromatic rings. The molecule has 2 fully saturated rings. The molecule has 0 aromatic carbocycles. The fourth-order valence-electron chi connectivity index (χ4n) is 4.81. The minimum Gasteiger partial charge on any atom is -0.324 e. The normalized spacial score (nSPS) is 26.2. The third-order valence-electron chi connectivity index (χ3n) is 6.48. The average molecular weight is 431 g/mol. The van der Waals surface area contributed by atoms with E-state index in [4.69, 9.17) is 0 Å². The zero-order valence-corrected chi connectivity index (χ0v) is 17.5. The SMILES string of the molecule is C[N+]1(C)[C@H]2CC[C@H]1CC(C=C(c1ccc(C(F)F)s1)c1ccc(C(F)F)s1)C2. The third kappa shape index (κ3) is 3.68. The van der Waals surface area contributed by atoms with Gasteiger partial charge in [0.05, 0.1) is 35.9 Å². The number of alkyl halides is 4. The summed E-state index contributed by atoms with van der Waals surface area (Å²) in [5, 5.41) is 0. The number of quaternary nitrogens is 1. The van der Waals surface area contributed by atoms with Crippen molar-refractivity contribution >= 4 is 28.2 Å². The molecule has 152 valence electrons. The number of allylic oxidation sites excluding steroid dienone is 1. The Labute approximate surface area is 170 Å². The molecule has 0 N–H and O–H groups in total. The van der Waals surface area contributed by atoms with Crippen LogP contribution in [0.5, 0.6) is 0 Å². The van der Waals surface area contributed by atoms with Gasteiger partial charge < -0.3 is 4.48 Å². The molecule has 2 aliphatic heterocycles. The summed E-state index contributed by atoms with van der Waals surface area (Å²) in [5.74, 6) is 0.354. The van der Waals surface area contributed by atoms with Gasteiger partial charge in [-0.3, -0.25) is 0 Å². The van der Waals surface area contributed by atoms with Crippen LogP contribution in [0.2, 0.25) is 0 Å². The maximum atomic E-state index is 13.1. The van der Waals surface area contributed by atoms with Gasteiger partial charge in [-0.05, 0) is 30.2 Å². The lowest BCUT2D eigenvalue weighted by atomic mass is 9.87. The molecule has 7 heteroatoms. The highest BCUT2D eigenvalue weighted by Crippen LogP contribution is 2.45. The van der Waals surface area contributed by atoms with Crippen molar-refractivity contribution in [3.63, 3.8) is 0 Å². The second kappa shape index (κ2) is 7.58. The van der Waals surface area contributed by atoms with Crippen molar-refractivity contribution in [2.75, 3.05) is 14.1 Å². The van der Waals surface area contributed by atoms with E-state index in [1.165, 1.54) is 25.0 Å². The summed E-state index contributed by atoms with van der Waals surface area (Å²) < 4.78 is 53.5. The lowest BCUT2D eigenvalue weighted by Crippen LogP contribution is -2.54. The van der Waals surface area contributed by atoms with E-state index in [1.807, 2.05) is 0 Å². The molecule has 4 heterocycles. The van der Waals surface area contributed by atoms with Crippen molar-refractivity contribution in [2.24, 2.45) is 5.92 Å². The quantitative estimate of drug-likeness (QED) is 0.349. The average Bonchev–Trinajstić information content (AvgIpc) is 3.31. The molecule has 0 unspecified atom stereocenters. The Hall–Kier alpha value is -1.18. The van der Waals surface area contributed by atoms with Crippen LogP contribution in [0.25, 0.3) is 5.57 Å². The van der Waals surface area contributed by atoms with E-state index in [0.717, 1.165) is 55.3 Å². The Morgan fingerprint density at radius 1 is 0.893 bits per heavy atom. The standard InChI is InChI=1S/C21H24F4NS2/c1-26(2)13-3-4-14(26)10-12(9-13)11-15(16-5-7-18(27-16)20(22)23)17-6-8-19(28-17)21(24)25/h5-8,11-14,20-21H,3-4,9-10H2,1-2H3/q+1/t13-,14-/m0/s1. The maximum absolute atomic E-state index is 13.1. The van der Waals surface area contributed by atoms with E-state index in [1.54, 1.807) is 12.1 Å². The van der Waals surface area contributed by atoms with Gasteiger partial charge in [0.15, 0.2) is 0 Å². The van der Waals surface area contributed by atoms with Gasteiger partial charge in [0.25, 0.3) is 12.9 Å². The van der Waals surface area contributed by atoms with E-state index >= 15 is 0 Å². The van der Waals surface area contributed by atoms with Crippen molar-refractivity contribution in [3.05, 3.63) is 49.9 Å². The van der Waals surface area contributed by atoms with Crippen molar-refractivity contribution < 1.29 is 22.0 Å². The highest BCUT2D eigenvalue weighted by molar-refractivity contribution is 7.15. The topological polar surface area (TPSA) is 0 Å². The zero-order chi connectivity index (χ0) is 20.1. The summed E-state index contributed by atoms with van der Waals surface area (Å²) in [6.45, 7) is 0. The van der Waals surface area contributed by atoms with Crippen LogP contribution in [0, 0.1) is 5.92 Å². The smallest absolute Gasteiger partial charge is 0.272 e. The van der Waals surface area contributed by atoms with E-state index in [0.29, 0.717) is 18.0 Å². The van der Waals surface area contributed by atoms with E-state index in [9.17, 15) is 17.6 Å². The molecular formula is C21H24F4NS2+. The monoisotopic (exact) mass is 430 g/mol. The summed E-state index contributed by atoms with van der Waals surface area (Å²) in [6.07, 6.45) is 1.72. The molecule has 4 rings (SSSR count). The number of nitrogens with zero attached hydrogens (tertiary/aromatic N) is 1. The lowest BCUT2D eigenvalue weighted by Gasteiger charge is -2.43. The van der Waals surface area contributed by atoms with Crippen LogP contribution >= 0.6 is 22.7 Å². The second-order valence-electron chi connectivity index (χ2n) is 8.33. The first-order valence-electron chi connectivity index (χ1n) is 9.57. The van der Waals surface area contributed by atoms with Gasteiger partial charge in [-0.2, -0.15) is 0 Å². The number of hydrogen-bond acceptors (Lipinski definition) is 2. The largest absolute Gasteiger partial charge is 0.324 e. The highest BCUT2D eigenvalue weighted by atomic mass is 32.1. The summed E-state index contributed by atoms with van der Waals surface area (Å²) >= 11 is 2.13. The fourth-order valence-corrected chi connectivity index (χ4v) is 6.68. The summed E-state index contributed by atoms with van der Waals surface area (Å²) in [7, 11) is 4.59. The Bertz CT molecular complexity index is 803. The van der Waals surface area contributed by atoms with Crippen LogP contribution in [0.1, 0.15) is 58.0 Å². The zero-order valence-electron chi connectivity index (χ0n) is 15.9. The molecule has 0 spiro atoms. The molecule has 0 saturated carbocycles. The first kappa shape index (κ1) is 20.1. The molecule has 2 atom stereocenters. The number of fused-ring (bicyclic) bond motifs is 2. The van der Waals surface area contributed by atoms with Gasteiger partial charge >= 0.3 is 0 Å². The number of piperidine rings is 1. The van der Waals surface area contributed by atoms with Gasteiger partial charge in [0, 0.05) is 41.0 Å². The molecule has 0 amide bonds. The number of hydrogen-bond donors (Lipinski definition) is 0. The molecule has 0 aliphatic carbocycles. The molecular weight excluding hydrogens is 406 g/mol. The van der Waals surface area contributed by atoms with Crippen molar-refractivity contribution in [2.45, 2.75) is 50.6 Å². The van der Waals surface area contributed by atoms with Crippen LogP contribution in [-0.2, 0) is 0 Å². The first-order chi connectivity index (χ1) is 13.3. The Kier molecular flexibility index (Phi) is 5.44. The number of rotatable bonds is 5. The number of thiophene rings is 2. The molecule has 1 nitrogen and oxygen atoms in total. The van der Waals surface area contributed by atoms with Crippen LogP contribution in [0.3, 0.4) is 0 Å². The van der Waals surface area contributed by atoms with Crippen molar-refractivity contribution in [1.29, 1.82) is 0 Å². The Morgan fingerprint density at radius 2 is 1.36 bits per heavy atom. The van der Waals surface area contributed by atoms with Gasteiger partial charge in [0.2, 0.25) is 0 Å². The summed E-state index contributed by atoms with van der Waals surface area (Å²) in [5.41, 5.74) is 0.838. The highest BCUT2D eigenvalue weighted by Gasteiger charge is 2.48. The molecule has 2 bridgehead atoms. The maximum Gasteiger partial charge on any atom is 0.272 e. The molecule has 28 heavy (non-hydrogen) atoms. The predicted octanol–water partition coefficient (Wildman–Crippen LogP) is 7.13. The van der Waals surface area contributed by atoms with E-state index in [2.05, 4.69) is 20.2 Å². The van der Waals surface area contributed by atoms with Crippen LogP contribution in [0.15, 0.2) is 30.3 Å². The second-order valence-corrected chi connectivity index (χ2v) is 10.6. The minimum atomic E-state index is -2.51. The molecule has 2 aromatic heterocycles. The van der Waals surface area contributed by atoms with Gasteiger partial charge in [-0.1, -0.05) is 6.08 Å². The molecule has 0 radical (unpaired) electrons. The lowest BCUT2D eigenvalue weighted by molar-refractivity contribution is -0.931. The van der Waals surface area contributed by atoms with Crippen LogP contribution in [0.4, 0.5) is 17.6 Å². The first-order valence-corrected chi connectivity index (χ1v) is 11.2. The minimum absolute atomic E-state index is 0.0213. The van der Waals surface area contributed by atoms with Crippen LogP contribution in [-0.4, -0.2) is 30.7 Å². The number of halogens is 4. The van der Waals surface area contributed by atoms with Crippen LogP contribution < -0.4 is 0 Å². The van der Waals surface area contributed by atoms with Gasteiger partial charge in [-0.15, -0.1) is 22.7 Å². The molecule has 2 aliphatic rings. The Balaban J connectivity index is 1.69.